The van der Waals surface area contributed by atoms with Crippen LogP contribution in [0.5, 0.6) is 0 Å². The van der Waals surface area contributed by atoms with Crippen molar-refractivity contribution < 1.29 is 20.1 Å². The summed E-state index contributed by atoms with van der Waals surface area (Å²) in [4.78, 5) is 22.8. The Balaban J connectivity index is 1.95. The largest absolute Gasteiger partial charge is 0.394 e. The molecular weight excluding hydrogens is 318 g/mol. The van der Waals surface area contributed by atoms with Gasteiger partial charge >= 0.3 is 5.69 Å². The number of anilines is 1. The number of nitrogens with one attached hydrogen (secondary N) is 2. The van der Waals surface area contributed by atoms with E-state index in [0.717, 1.165) is 0 Å². The first-order chi connectivity index (χ1) is 11.4. The van der Waals surface area contributed by atoms with Gasteiger partial charge in [0.1, 0.15) is 23.6 Å². The summed E-state index contributed by atoms with van der Waals surface area (Å²) in [7, 11) is 0. The second kappa shape index (κ2) is 5.11. The van der Waals surface area contributed by atoms with Crippen LogP contribution in [0.4, 0.5) is 11.5 Å². The first-order valence-electron chi connectivity index (χ1n) is 7.51. The standard InChI is InChI=1S/C14H17N5O5/c1-14(23)9(21)7(5-20)24-12(14)19-4-6-8-10(16-3-2-15-6)17-13(22)18-11(8)19/h2,4,7,9,12,20-21,23H,3,5H2,1H3,(H2,16,17,18,22)/t7-,9-,12?,14-/m1/s1. The van der Waals surface area contributed by atoms with Crippen molar-refractivity contribution in [1.29, 1.82) is 0 Å². The molecule has 2 aromatic rings. The number of aliphatic hydroxyl groups is 3. The average Bonchev–Trinajstić information content (AvgIpc) is 2.89. The van der Waals surface area contributed by atoms with Crippen LogP contribution in [-0.2, 0) is 4.74 Å². The SMILES string of the molecule is C[C@]1(O)C(n2cc3c4c([nH]c(=O)nc42)NCC=N3)O[C@H](CO)[C@H]1O. The lowest BCUT2D eigenvalue weighted by Gasteiger charge is -2.27. The molecule has 24 heavy (non-hydrogen) atoms. The maximum Gasteiger partial charge on any atom is 0.348 e. The number of rotatable bonds is 2. The minimum atomic E-state index is -1.68. The number of aromatic nitrogens is 3. The Bertz CT molecular complexity index is 886. The molecule has 0 aromatic carbocycles. The van der Waals surface area contributed by atoms with Crippen LogP contribution >= 0.6 is 0 Å². The molecule has 10 heteroatoms. The third-order valence-corrected chi connectivity index (χ3v) is 4.46. The molecule has 128 valence electrons. The fourth-order valence-electron chi connectivity index (χ4n) is 3.24. The van der Waals surface area contributed by atoms with Crippen LogP contribution in [-0.4, -0.2) is 67.0 Å². The van der Waals surface area contributed by atoms with Crippen LogP contribution in [0.3, 0.4) is 0 Å². The summed E-state index contributed by atoms with van der Waals surface area (Å²) >= 11 is 0. The number of nitrogens with zero attached hydrogens (tertiary/aromatic N) is 3. The summed E-state index contributed by atoms with van der Waals surface area (Å²) < 4.78 is 7.07. The Morgan fingerprint density at radius 2 is 2.33 bits per heavy atom. The quantitative estimate of drug-likeness (QED) is 0.466. The number of aliphatic hydroxyl groups excluding tert-OH is 2. The van der Waals surface area contributed by atoms with Crippen LogP contribution in [0.25, 0.3) is 11.0 Å². The summed E-state index contributed by atoms with van der Waals surface area (Å²) in [5.74, 6) is 0.480. The van der Waals surface area contributed by atoms with E-state index in [1.807, 2.05) is 0 Å². The van der Waals surface area contributed by atoms with E-state index in [1.54, 1.807) is 12.4 Å². The molecule has 0 radical (unpaired) electrons. The van der Waals surface area contributed by atoms with Crippen molar-refractivity contribution >= 4 is 28.8 Å². The first-order valence-corrected chi connectivity index (χ1v) is 7.51. The molecule has 2 aromatic heterocycles. The van der Waals surface area contributed by atoms with Crippen LogP contribution in [0, 0.1) is 0 Å². The summed E-state index contributed by atoms with van der Waals surface area (Å²) in [6.07, 6.45) is -0.0102. The van der Waals surface area contributed by atoms with Gasteiger partial charge in [-0.1, -0.05) is 0 Å². The van der Waals surface area contributed by atoms with Gasteiger partial charge in [0.15, 0.2) is 11.9 Å². The zero-order valence-electron chi connectivity index (χ0n) is 12.8. The van der Waals surface area contributed by atoms with Gasteiger partial charge in [-0.3, -0.25) is 9.98 Å². The predicted molar refractivity (Wildman–Crippen MR) is 84.6 cm³/mol. The number of hydrogen-bond donors (Lipinski definition) is 5. The van der Waals surface area contributed by atoms with E-state index in [4.69, 9.17) is 4.74 Å². The van der Waals surface area contributed by atoms with E-state index in [0.29, 0.717) is 23.4 Å². The topological polar surface area (TPSA) is 145 Å². The van der Waals surface area contributed by atoms with Crippen molar-refractivity contribution in [1.82, 2.24) is 14.5 Å². The molecule has 4 rings (SSSR count). The maximum atomic E-state index is 11.9. The third kappa shape index (κ3) is 2.01. The molecule has 1 unspecified atom stereocenters. The van der Waals surface area contributed by atoms with Gasteiger partial charge in [-0.15, -0.1) is 0 Å². The predicted octanol–water partition coefficient (Wildman–Crippen LogP) is -1.15. The molecule has 0 saturated carbocycles. The van der Waals surface area contributed by atoms with Crippen molar-refractivity contribution in [2.24, 2.45) is 4.99 Å². The maximum absolute atomic E-state index is 11.9. The lowest BCUT2D eigenvalue weighted by molar-refractivity contribution is -0.0948. The van der Waals surface area contributed by atoms with Gasteiger partial charge in [0, 0.05) is 12.4 Å². The van der Waals surface area contributed by atoms with E-state index in [2.05, 4.69) is 20.3 Å². The number of H-pyrrole nitrogens is 1. The summed E-state index contributed by atoms with van der Waals surface area (Å²) in [6.45, 7) is 1.41. The molecule has 4 heterocycles. The van der Waals surface area contributed by atoms with Crippen molar-refractivity contribution in [3.63, 3.8) is 0 Å². The van der Waals surface area contributed by atoms with Crippen LogP contribution < -0.4 is 11.0 Å². The number of aliphatic imine (C=N–C) groups is 1. The van der Waals surface area contributed by atoms with E-state index in [-0.39, 0.29) is 5.65 Å². The number of aromatic amines is 1. The van der Waals surface area contributed by atoms with Gasteiger partial charge in [0.25, 0.3) is 0 Å². The Kier molecular flexibility index (Phi) is 3.25. The molecule has 5 N–H and O–H groups in total. The second-order valence-electron chi connectivity index (χ2n) is 6.11. The molecule has 10 nitrogen and oxygen atoms in total. The monoisotopic (exact) mass is 335 g/mol. The Morgan fingerprint density at radius 1 is 1.54 bits per heavy atom. The Labute approximate surface area is 135 Å². The van der Waals surface area contributed by atoms with Crippen molar-refractivity contribution in [2.45, 2.75) is 31.0 Å². The van der Waals surface area contributed by atoms with Crippen molar-refractivity contribution in [3.8, 4) is 0 Å². The van der Waals surface area contributed by atoms with E-state index in [9.17, 15) is 20.1 Å². The molecule has 0 aliphatic carbocycles. The van der Waals surface area contributed by atoms with Gasteiger partial charge in [-0.25, -0.2) is 4.79 Å². The zero-order chi connectivity index (χ0) is 17.1. The van der Waals surface area contributed by atoms with Crippen LogP contribution in [0.1, 0.15) is 13.2 Å². The molecular formula is C14H17N5O5. The highest BCUT2D eigenvalue weighted by atomic mass is 16.6. The lowest BCUT2D eigenvalue weighted by Crippen LogP contribution is -2.44. The minimum absolute atomic E-state index is 0.270. The normalized spacial score (nSPS) is 32.1. The summed E-state index contributed by atoms with van der Waals surface area (Å²) in [5.41, 5.74) is -1.42. The van der Waals surface area contributed by atoms with Crippen LogP contribution in [0.15, 0.2) is 16.0 Å². The van der Waals surface area contributed by atoms with Crippen molar-refractivity contribution in [2.75, 3.05) is 18.5 Å². The fourth-order valence-corrected chi connectivity index (χ4v) is 3.24. The molecule has 0 bridgehead atoms. The minimum Gasteiger partial charge on any atom is -0.394 e. The van der Waals surface area contributed by atoms with Gasteiger partial charge in [0.2, 0.25) is 0 Å². The fraction of sp³-hybridized carbons (Fsp3) is 0.500. The summed E-state index contributed by atoms with van der Waals surface area (Å²) in [5, 5.41) is 33.8. The molecule has 4 atom stereocenters. The number of hydrogen-bond acceptors (Lipinski definition) is 8. The van der Waals surface area contributed by atoms with Crippen LogP contribution in [0.2, 0.25) is 0 Å². The highest BCUT2D eigenvalue weighted by molar-refractivity contribution is 6.00. The lowest BCUT2D eigenvalue weighted by atomic mass is 9.96. The Morgan fingerprint density at radius 3 is 3.04 bits per heavy atom. The highest BCUT2D eigenvalue weighted by Crippen LogP contribution is 2.42. The summed E-state index contributed by atoms with van der Waals surface area (Å²) in [6, 6.07) is 0. The van der Waals surface area contributed by atoms with E-state index < -0.39 is 36.3 Å². The van der Waals surface area contributed by atoms with E-state index >= 15 is 0 Å². The first kappa shape index (κ1) is 15.3. The second-order valence-corrected chi connectivity index (χ2v) is 6.11. The molecule has 1 fully saturated rings. The number of ether oxygens (including phenoxy) is 1. The third-order valence-electron chi connectivity index (χ3n) is 4.46. The Hall–Kier alpha value is -2.27. The molecule has 0 amide bonds. The average molecular weight is 335 g/mol. The highest BCUT2D eigenvalue weighted by Gasteiger charge is 2.53. The molecule has 2 aliphatic heterocycles. The molecule has 0 spiro atoms. The van der Waals surface area contributed by atoms with Gasteiger partial charge in [-0.05, 0) is 6.92 Å². The zero-order valence-corrected chi connectivity index (χ0v) is 12.8. The van der Waals surface area contributed by atoms with E-state index in [1.165, 1.54) is 11.5 Å². The van der Waals surface area contributed by atoms with Gasteiger partial charge < -0.3 is 29.9 Å². The van der Waals surface area contributed by atoms with Gasteiger partial charge in [0.05, 0.1) is 24.2 Å². The molecule has 1 saturated heterocycles. The molecule has 2 aliphatic rings. The van der Waals surface area contributed by atoms with Gasteiger partial charge in [-0.2, -0.15) is 4.98 Å². The van der Waals surface area contributed by atoms with Crippen molar-refractivity contribution in [3.05, 3.63) is 16.7 Å². The smallest absolute Gasteiger partial charge is 0.348 e.